The van der Waals surface area contributed by atoms with Crippen LogP contribution in [0.3, 0.4) is 0 Å². The fraction of sp³-hybridized carbons (Fsp3) is 0.923. The Kier molecular flexibility index (Phi) is 4.64. The second-order valence-corrected chi connectivity index (χ2v) is 5.18. The largest absolute Gasteiger partial charge is 0.343 e. The molecule has 0 unspecified atom stereocenters. The highest BCUT2D eigenvalue weighted by Crippen LogP contribution is 2.22. The van der Waals surface area contributed by atoms with Crippen LogP contribution in [0.2, 0.25) is 0 Å². The summed E-state index contributed by atoms with van der Waals surface area (Å²) < 4.78 is 0. The van der Waals surface area contributed by atoms with Gasteiger partial charge in [-0.3, -0.25) is 9.69 Å². The van der Waals surface area contributed by atoms with E-state index in [9.17, 15) is 4.79 Å². The molecule has 1 aliphatic heterocycles. The van der Waals surface area contributed by atoms with Crippen LogP contribution in [0.1, 0.15) is 44.9 Å². The number of hydrogen-bond donors (Lipinski definition) is 0. The van der Waals surface area contributed by atoms with Crippen molar-refractivity contribution in [3.63, 3.8) is 0 Å². The lowest BCUT2D eigenvalue weighted by Gasteiger charge is -2.38. The first-order valence-electron chi connectivity index (χ1n) is 6.83. The molecule has 0 spiro atoms. The smallest absolute Gasteiger partial charge is 0.209 e. The van der Waals surface area contributed by atoms with E-state index in [1.807, 2.05) is 4.90 Å². The van der Waals surface area contributed by atoms with Crippen LogP contribution in [0.15, 0.2) is 0 Å². The summed E-state index contributed by atoms with van der Waals surface area (Å²) in [5.74, 6) is 0. The number of carbonyl (C=O) groups excluding carboxylic acids is 1. The molecule has 3 nitrogen and oxygen atoms in total. The normalized spacial score (nSPS) is 26.1. The summed E-state index contributed by atoms with van der Waals surface area (Å²) in [6, 6.07) is 0.800. The molecule has 1 saturated carbocycles. The highest BCUT2D eigenvalue weighted by molar-refractivity contribution is 5.47. The van der Waals surface area contributed by atoms with Gasteiger partial charge < -0.3 is 4.90 Å². The van der Waals surface area contributed by atoms with Crippen LogP contribution >= 0.6 is 0 Å². The van der Waals surface area contributed by atoms with Crippen LogP contribution in [0, 0.1) is 0 Å². The van der Waals surface area contributed by atoms with Crippen molar-refractivity contribution in [2.45, 2.75) is 51.0 Å². The molecule has 3 heteroatoms. The fourth-order valence-corrected chi connectivity index (χ4v) is 3.01. The molecule has 1 heterocycles. The summed E-state index contributed by atoms with van der Waals surface area (Å²) in [5, 5.41) is 0. The van der Waals surface area contributed by atoms with Gasteiger partial charge in [-0.15, -0.1) is 0 Å². The van der Waals surface area contributed by atoms with Crippen LogP contribution in [-0.4, -0.2) is 48.4 Å². The molecule has 2 rings (SSSR count). The molecule has 2 aliphatic rings. The van der Waals surface area contributed by atoms with Crippen molar-refractivity contribution in [2.24, 2.45) is 0 Å². The quantitative estimate of drug-likeness (QED) is 0.669. The van der Waals surface area contributed by atoms with Crippen LogP contribution < -0.4 is 0 Å². The number of rotatable bonds is 2. The zero-order valence-corrected chi connectivity index (χ0v) is 10.2. The van der Waals surface area contributed by atoms with Gasteiger partial charge in [0.05, 0.1) is 0 Å². The molecule has 2 fully saturated rings. The van der Waals surface area contributed by atoms with E-state index in [1.54, 1.807) is 0 Å². The Hall–Kier alpha value is -0.570. The summed E-state index contributed by atoms with van der Waals surface area (Å²) in [4.78, 5) is 15.2. The molecule has 0 atom stereocenters. The Morgan fingerprint density at radius 2 is 1.38 bits per heavy atom. The van der Waals surface area contributed by atoms with Crippen LogP contribution in [0.25, 0.3) is 0 Å². The minimum absolute atomic E-state index is 0.800. The van der Waals surface area contributed by atoms with E-state index in [4.69, 9.17) is 0 Å². The Morgan fingerprint density at radius 1 is 0.812 bits per heavy atom. The molecule has 0 radical (unpaired) electrons. The van der Waals surface area contributed by atoms with Gasteiger partial charge in [-0.25, -0.2) is 0 Å². The standard InChI is InChI=1S/C13H24N2O/c16-12-14-8-10-15(11-9-14)13-6-4-2-1-3-5-7-13/h12-13H,1-11H2. The van der Waals surface area contributed by atoms with Crippen molar-refractivity contribution in [1.29, 1.82) is 0 Å². The molecule has 0 aromatic heterocycles. The van der Waals surface area contributed by atoms with Gasteiger partial charge in [-0.2, -0.15) is 0 Å². The second-order valence-electron chi connectivity index (χ2n) is 5.18. The molecule has 1 amide bonds. The van der Waals surface area contributed by atoms with E-state index in [0.717, 1.165) is 38.6 Å². The van der Waals surface area contributed by atoms with E-state index in [1.165, 1.54) is 44.9 Å². The first kappa shape index (κ1) is 11.9. The fourth-order valence-electron chi connectivity index (χ4n) is 3.01. The Morgan fingerprint density at radius 3 is 1.94 bits per heavy atom. The predicted molar refractivity (Wildman–Crippen MR) is 65.3 cm³/mol. The molecule has 0 N–H and O–H groups in total. The van der Waals surface area contributed by atoms with Crippen molar-refractivity contribution in [3.05, 3.63) is 0 Å². The molecule has 1 saturated heterocycles. The molecule has 92 valence electrons. The highest BCUT2D eigenvalue weighted by Gasteiger charge is 2.23. The number of piperazine rings is 1. The van der Waals surface area contributed by atoms with E-state index in [0.29, 0.717) is 0 Å². The third kappa shape index (κ3) is 3.21. The third-order valence-corrected chi connectivity index (χ3v) is 4.09. The van der Waals surface area contributed by atoms with Crippen LogP contribution in [-0.2, 0) is 4.79 Å². The van der Waals surface area contributed by atoms with Gasteiger partial charge in [0.25, 0.3) is 0 Å². The number of hydrogen-bond acceptors (Lipinski definition) is 2. The van der Waals surface area contributed by atoms with Gasteiger partial charge in [0.1, 0.15) is 0 Å². The lowest BCUT2D eigenvalue weighted by Crippen LogP contribution is -2.49. The zero-order valence-electron chi connectivity index (χ0n) is 10.2. The highest BCUT2D eigenvalue weighted by atomic mass is 16.1. The van der Waals surface area contributed by atoms with Gasteiger partial charge >= 0.3 is 0 Å². The van der Waals surface area contributed by atoms with Crippen molar-refractivity contribution < 1.29 is 4.79 Å². The molecule has 0 aromatic carbocycles. The van der Waals surface area contributed by atoms with Crippen molar-refractivity contribution in [2.75, 3.05) is 26.2 Å². The first-order chi connectivity index (χ1) is 7.90. The maximum absolute atomic E-state index is 10.7. The molecule has 1 aliphatic carbocycles. The third-order valence-electron chi connectivity index (χ3n) is 4.09. The summed E-state index contributed by atoms with van der Waals surface area (Å²) in [7, 11) is 0. The molecular weight excluding hydrogens is 200 g/mol. The van der Waals surface area contributed by atoms with Gasteiger partial charge in [-0.05, 0) is 12.8 Å². The first-order valence-corrected chi connectivity index (χ1v) is 6.83. The Labute approximate surface area is 98.8 Å². The topological polar surface area (TPSA) is 23.6 Å². The van der Waals surface area contributed by atoms with E-state index in [-0.39, 0.29) is 0 Å². The number of amides is 1. The summed E-state index contributed by atoms with van der Waals surface area (Å²) in [5.41, 5.74) is 0. The molecular formula is C13H24N2O. The number of carbonyl (C=O) groups is 1. The van der Waals surface area contributed by atoms with E-state index in [2.05, 4.69) is 4.90 Å². The minimum Gasteiger partial charge on any atom is -0.343 e. The molecule has 0 aromatic rings. The monoisotopic (exact) mass is 224 g/mol. The van der Waals surface area contributed by atoms with E-state index < -0.39 is 0 Å². The summed E-state index contributed by atoms with van der Waals surface area (Å²) >= 11 is 0. The van der Waals surface area contributed by atoms with Gasteiger partial charge in [0.15, 0.2) is 0 Å². The average molecular weight is 224 g/mol. The maximum Gasteiger partial charge on any atom is 0.209 e. The van der Waals surface area contributed by atoms with Crippen LogP contribution in [0.4, 0.5) is 0 Å². The van der Waals surface area contributed by atoms with Crippen LogP contribution in [0.5, 0.6) is 0 Å². The van der Waals surface area contributed by atoms with Crippen molar-refractivity contribution in [1.82, 2.24) is 9.80 Å². The zero-order chi connectivity index (χ0) is 11.2. The van der Waals surface area contributed by atoms with E-state index >= 15 is 0 Å². The summed E-state index contributed by atoms with van der Waals surface area (Å²) in [6.07, 6.45) is 10.8. The second kappa shape index (κ2) is 6.24. The summed E-state index contributed by atoms with van der Waals surface area (Å²) in [6.45, 7) is 4.03. The lowest BCUT2D eigenvalue weighted by molar-refractivity contribution is -0.120. The predicted octanol–water partition coefficient (Wildman–Crippen LogP) is 1.87. The van der Waals surface area contributed by atoms with Crippen molar-refractivity contribution >= 4 is 6.41 Å². The van der Waals surface area contributed by atoms with Gasteiger partial charge in [0, 0.05) is 32.2 Å². The van der Waals surface area contributed by atoms with Crippen molar-refractivity contribution in [3.8, 4) is 0 Å². The average Bonchev–Trinajstić information content (AvgIpc) is 2.29. The maximum atomic E-state index is 10.7. The van der Waals surface area contributed by atoms with Gasteiger partial charge in [-0.1, -0.05) is 32.1 Å². The van der Waals surface area contributed by atoms with Gasteiger partial charge in [0.2, 0.25) is 6.41 Å². The number of nitrogens with zero attached hydrogens (tertiary/aromatic N) is 2. The molecule has 0 bridgehead atoms. The Bertz CT molecular complexity index is 204. The SMILES string of the molecule is O=CN1CCN(C2CCCCCCC2)CC1. The lowest BCUT2D eigenvalue weighted by atomic mass is 9.95. The molecule has 16 heavy (non-hydrogen) atoms. The Balaban J connectivity index is 1.79. The minimum atomic E-state index is 0.800.